The van der Waals surface area contributed by atoms with E-state index in [4.69, 9.17) is 0 Å². The molecule has 0 bridgehead atoms. The van der Waals surface area contributed by atoms with Crippen LogP contribution in [0.2, 0.25) is 0 Å². The largest absolute Gasteiger partial charge is 0.310 e. The Hall–Kier alpha value is -5.92. The van der Waals surface area contributed by atoms with Crippen molar-refractivity contribution in [3.63, 3.8) is 0 Å². The lowest BCUT2D eigenvalue weighted by atomic mass is 9.77. The summed E-state index contributed by atoms with van der Waals surface area (Å²) in [5, 5.41) is 5.06. The van der Waals surface area contributed by atoms with E-state index in [0.717, 1.165) is 23.5 Å². The number of hydrogen-bond acceptors (Lipinski definition) is 1. The van der Waals surface area contributed by atoms with Crippen LogP contribution in [0, 0.1) is 5.41 Å². The summed E-state index contributed by atoms with van der Waals surface area (Å²) in [4.78, 5) is 2.37. The van der Waals surface area contributed by atoms with E-state index in [1.54, 1.807) is 0 Å². The number of nitrogens with zero attached hydrogens (tertiary/aromatic N) is 1. The Morgan fingerprint density at radius 1 is 0.360 bits per heavy atom. The molecule has 1 aliphatic rings. The van der Waals surface area contributed by atoms with Crippen LogP contribution in [-0.2, 0) is 6.42 Å². The summed E-state index contributed by atoms with van der Waals surface area (Å²) in [6, 6.07) is 62.6. The van der Waals surface area contributed by atoms with E-state index in [1.807, 2.05) is 0 Å². The van der Waals surface area contributed by atoms with Crippen molar-refractivity contribution in [3.8, 4) is 44.5 Å². The zero-order chi connectivity index (χ0) is 33.8. The van der Waals surface area contributed by atoms with Crippen LogP contribution in [0.1, 0.15) is 26.3 Å². The van der Waals surface area contributed by atoms with E-state index in [0.29, 0.717) is 0 Å². The molecule has 0 aliphatic heterocycles. The maximum absolute atomic E-state index is 2.40. The van der Waals surface area contributed by atoms with Gasteiger partial charge in [-0.15, -0.1) is 0 Å². The van der Waals surface area contributed by atoms with Crippen molar-refractivity contribution >= 4 is 38.6 Å². The summed E-state index contributed by atoms with van der Waals surface area (Å²) in [5.74, 6) is 0. The molecule has 0 saturated heterocycles. The number of fused-ring (bicyclic) bond motifs is 6. The van der Waals surface area contributed by atoms with E-state index in [-0.39, 0.29) is 5.41 Å². The van der Waals surface area contributed by atoms with Gasteiger partial charge in [-0.2, -0.15) is 0 Å². The molecular weight excluding hydrogens is 603 g/mol. The second-order valence-corrected chi connectivity index (χ2v) is 14.9. The van der Waals surface area contributed by atoms with Crippen molar-refractivity contribution in [1.82, 2.24) is 0 Å². The first-order chi connectivity index (χ1) is 24.4. The van der Waals surface area contributed by atoms with Crippen LogP contribution in [0.15, 0.2) is 170 Å². The Kier molecular flexibility index (Phi) is 7.18. The third kappa shape index (κ3) is 5.46. The smallest absolute Gasteiger partial charge is 0.0468 e. The molecule has 0 unspecified atom stereocenters. The third-order valence-electron chi connectivity index (χ3n) is 10.0. The Bertz CT molecular complexity index is 2510. The Morgan fingerprint density at radius 2 is 0.760 bits per heavy atom. The minimum Gasteiger partial charge on any atom is -0.310 e. The SMILES string of the molecule is CC(C)(C)Cc1ccc(N(c2ccccc2)c2ccc3cc4c(cc3c2)-c2cc3cc(-c5ccccc5)c(-c5ccccc5)cc3cc2-4)cc1. The topological polar surface area (TPSA) is 3.24 Å². The van der Waals surface area contributed by atoms with Crippen LogP contribution in [0.4, 0.5) is 17.1 Å². The van der Waals surface area contributed by atoms with Crippen molar-refractivity contribution < 1.29 is 0 Å². The van der Waals surface area contributed by atoms with Crippen molar-refractivity contribution in [2.24, 2.45) is 5.41 Å². The molecule has 1 heteroatoms. The molecule has 0 saturated carbocycles. The fourth-order valence-corrected chi connectivity index (χ4v) is 7.72. The molecule has 0 atom stereocenters. The second kappa shape index (κ2) is 11.9. The third-order valence-corrected chi connectivity index (χ3v) is 10.0. The molecule has 0 aromatic heterocycles. The number of rotatable bonds is 6. The summed E-state index contributed by atoms with van der Waals surface area (Å²) in [7, 11) is 0. The van der Waals surface area contributed by atoms with Crippen LogP contribution < -0.4 is 4.90 Å². The summed E-state index contributed by atoms with van der Waals surface area (Å²) in [6.07, 6.45) is 1.05. The average molecular weight is 642 g/mol. The number of hydrogen-bond donors (Lipinski definition) is 0. The van der Waals surface area contributed by atoms with Gasteiger partial charge in [0.2, 0.25) is 0 Å². The molecule has 8 aromatic carbocycles. The molecule has 9 rings (SSSR count). The summed E-state index contributed by atoms with van der Waals surface area (Å²) >= 11 is 0. The minimum absolute atomic E-state index is 0.251. The standard InChI is InChI=1S/C49H39N/c1-49(2,3)32-33-19-22-41(23-20-33)50(40-17-11-6-12-18-40)42-24-21-36-26-45-46(29-37(36)25-42)48-31-39-28-44(35-15-9-5-10-16-35)43(27-38(39)30-47(45)48)34-13-7-4-8-14-34/h4-31H,32H2,1-3H3. The van der Waals surface area contributed by atoms with E-state index in [1.165, 1.54) is 71.6 Å². The van der Waals surface area contributed by atoms with Crippen molar-refractivity contribution in [1.29, 1.82) is 0 Å². The van der Waals surface area contributed by atoms with Gasteiger partial charge in [0.05, 0.1) is 0 Å². The molecule has 0 amide bonds. The van der Waals surface area contributed by atoms with Gasteiger partial charge in [0.1, 0.15) is 0 Å². The summed E-state index contributed by atoms with van der Waals surface area (Å²) in [5.41, 5.74) is 15.4. The molecular formula is C49H39N. The molecule has 1 aliphatic carbocycles. The van der Waals surface area contributed by atoms with Crippen molar-refractivity contribution in [3.05, 3.63) is 175 Å². The van der Waals surface area contributed by atoms with Crippen molar-refractivity contribution in [2.45, 2.75) is 27.2 Å². The zero-order valence-electron chi connectivity index (χ0n) is 28.8. The zero-order valence-corrected chi connectivity index (χ0v) is 28.8. The van der Waals surface area contributed by atoms with Crippen molar-refractivity contribution in [2.75, 3.05) is 4.90 Å². The summed E-state index contributed by atoms with van der Waals surface area (Å²) < 4.78 is 0. The monoisotopic (exact) mass is 641 g/mol. The van der Waals surface area contributed by atoms with Gasteiger partial charge in [-0.05, 0) is 156 Å². The maximum atomic E-state index is 2.40. The molecule has 0 N–H and O–H groups in total. The highest BCUT2D eigenvalue weighted by Crippen LogP contribution is 2.51. The van der Waals surface area contributed by atoms with Gasteiger partial charge in [0, 0.05) is 17.1 Å². The molecule has 8 aromatic rings. The van der Waals surface area contributed by atoms with E-state index >= 15 is 0 Å². The molecule has 1 nitrogen and oxygen atoms in total. The Morgan fingerprint density at radius 3 is 1.26 bits per heavy atom. The van der Waals surface area contributed by atoms with Gasteiger partial charge >= 0.3 is 0 Å². The lowest BCUT2D eigenvalue weighted by Crippen LogP contribution is -2.11. The van der Waals surface area contributed by atoms with E-state index in [9.17, 15) is 0 Å². The predicted octanol–water partition coefficient (Wildman–Crippen LogP) is 14.0. The quantitative estimate of drug-likeness (QED) is 0.175. The molecule has 0 radical (unpaired) electrons. The molecule has 240 valence electrons. The lowest BCUT2D eigenvalue weighted by molar-refractivity contribution is 0.411. The van der Waals surface area contributed by atoms with Gasteiger partial charge in [-0.1, -0.05) is 118 Å². The Balaban J connectivity index is 1.13. The number of anilines is 3. The number of benzene rings is 8. The first-order valence-electron chi connectivity index (χ1n) is 17.6. The molecule has 0 heterocycles. The first-order valence-corrected chi connectivity index (χ1v) is 17.6. The van der Waals surface area contributed by atoms with Crippen LogP contribution in [0.3, 0.4) is 0 Å². The predicted molar refractivity (Wildman–Crippen MR) is 215 cm³/mol. The van der Waals surface area contributed by atoms with Crippen LogP contribution in [0.25, 0.3) is 66.1 Å². The van der Waals surface area contributed by atoms with E-state index < -0.39 is 0 Å². The van der Waals surface area contributed by atoms with Gasteiger partial charge in [0.25, 0.3) is 0 Å². The average Bonchev–Trinajstić information content (AvgIpc) is 3.14. The Labute approximate surface area is 295 Å². The van der Waals surface area contributed by atoms with E-state index in [2.05, 4.69) is 196 Å². The van der Waals surface area contributed by atoms with Crippen LogP contribution in [0.5, 0.6) is 0 Å². The fraction of sp³-hybridized carbons (Fsp3) is 0.102. The fourth-order valence-electron chi connectivity index (χ4n) is 7.72. The van der Waals surface area contributed by atoms with Gasteiger partial charge < -0.3 is 4.90 Å². The maximum Gasteiger partial charge on any atom is 0.0468 e. The normalized spacial score (nSPS) is 12.0. The van der Waals surface area contributed by atoms with Crippen LogP contribution >= 0.6 is 0 Å². The second-order valence-electron chi connectivity index (χ2n) is 14.9. The molecule has 50 heavy (non-hydrogen) atoms. The number of para-hydroxylation sites is 1. The first kappa shape index (κ1) is 30.2. The minimum atomic E-state index is 0.251. The molecule has 0 spiro atoms. The summed E-state index contributed by atoms with van der Waals surface area (Å²) in [6.45, 7) is 6.89. The highest BCUT2D eigenvalue weighted by atomic mass is 15.1. The highest BCUT2D eigenvalue weighted by Gasteiger charge is 2.25. The highest BCUT2D eigenvalue weighted by molar-refractivity contribution is 6.13. The lowest BCUT2D eigenvalue weighted by Gasteiger charge is -2.28. The molecule has 0 fully saturated rings. The van der Waals surface area contributed by atoms with Gasteiger partial charge in [0.15, 0.2) is 0 Å². The van der Waals surface area contributed by atoms with Gasteiger partial charge in [-0.25, -0.2) is 0 Å². The van der Waals surface area contributed by atoms with Crippen LogP contribution in [-0.4, -0.2) is 0 Å². The van der Waals surface area contributed by atoms with Gasteiger partial charge in [-0.3, -0.25) is 0 Å².